The molecule has 142 valence electrons. The van der Waals surface area contributed by atoms with Gasteiger partial charge in [0.25, 0.3) is 11.8 Å². The van der Waals surface area contributed by atoms with Crippen LogP contribution >= 0.6 is 34.8 Å². The highest BCUT2D eigenvalue weighted by molar-refractivity contribution is 6.35. The maximum atomic E-state index is 12.6. The Bertz CT molecular complexity index is 832. The minimum absolute atomic E-state index is 0.0712. The summed E-state index contributed by atoms with van der Waals surface area (Å²) in [5.41, 5.74) is 0.441. The van der Waals surface area contributed by atoms with Gasteiger partial charge < -0.3 is 14.5 Å². The van der Waals surface area contributed by atoms with E-state index in [-0.39, 0.29) is 18.4 Å². The number of ether oxygens (including phenoxy) is 1. The molecule has 1 fully saturated rings. The highest BCUT2D eigenvalue weighted by Crippen LogP contribution is 2.21. The molecule has 1 aliphatic heterocycles. The van der Waals surface area contributed by atoms with Crippen molar-refractivity contribution in [2.75, 3.05) is 32.8 Å². The molecule has 0 aliphatic carbocycles. The molecule has 0 unspecified atom stereocenters. The lowest BCUT2D eigenvalue weighted by Gasteiger charge is -2.34. The molecular formula is C19H17Cl3N2O3. The van der Waals surface area contributed by atoms with Crippen molar-refractivity contribution < 1.29 is 14.3 Å². The zero-order valence-corrected chi connectivity index (χ0v) is 16.6. The molecular weight excluding hydrogens is 411 g/mol. The van der Waals surface area contributed by atoms with Crippen LogP contribution in [0.2, 0.25) is 15.1 Å². The lowest BCUT2D eigenvalue weighted by Crippen LogP contribution is -2.51. The van der Waals surface area contributed by atoms with Gasteiger partial charge in [-0.05, 0) is 36.4 Å². The predicted molar refractivity (Wildman–Crippen MR) is 106 cm³/mol. The van der Waals surface area contributed by atoms with Crippen molar-refractivity contribution in [3.05, 3.63) is 63.1 Å². The summed E-state index contributed by atoms with van der Waals surface area (Å²) < 4.78 is 5.49. The Labute approximate surface area is 172 Å². The molecule has 0 aromatic heterocycles. The highest BCUT2D eigenvalue weighted by atomic mass is 35.5. The first-order chi connectivity index (χ1) is 12.9. The van der Waals surface area contributed by atoms with Gasteiger partial charge in [-0.3, -0.25) is 9.59 Å². The average molecular weight is 428 g/mol. The van der Waals surface area contributed by atoms with Crippen molar-refractivity contribution in [2.24, 2.45) is 0 Å². The molecule has 5 nitrogen and oxygen atoms in total. The first-order valence-corrected chi connectivity index (χ1v) is 9.47. The van der Waals surface area contributed by atoms with Crippen molar-refractivity contribution >= 4 is 46.6 Å². The number of hydrogen-bond acceptors (Lipinski definition) is 3. The van der Waals surface area contributed by atoms with Crippen LogP contribution in [0.5, 0.6) is 5.75 Å². The van der Waals surface area contributed by atoms with E-state index < -0.39 is 0 Å². The predicted octanol–water partition coefficient (Wildman–Crippen LogP) is 4.01. The fourth-order valence-electron chi connectivity index (χ4n) is 2.81. The van der Waals surface area contributed by atoms with E-state index >= 15 is 0 Å². The van der Waals surface area contributed by atoms with E-state index in [1.54, 1.807) is 52.3 Å². The third-order valence-corrected chi connectivity index (χ3v) is 4.86. The Balaban J connectivity index is 1.52. The number of rotatable bonds is 4. The molecule has 0 saturated carbocycles. The second-order valence-corrected chi connectivity index (χ2v) is 7.39. The largest absolute Gasteiger partial charge is 0.484 e. The van der Waals surface area contributed by atoms with Gasteiger partial charge in [0.15, 0.2) is 6.61 Å². The normalized spacial score (nSPS) is 14.2. The van der Waals surface area contributed by atoms with Crippen molar-refractivity contribution in [3.63, 3.8) is 0 Å². The van der Waals surface area contributed by atoms with Crippen LogP contribution in [0.25, 0.3) is 0 Å². The molecule has 1 aliphatic rings. The molecule has 0 N–H and O–H groups in total. The Hall–Kier alpha value is -1.95. The van der Waals surface area contributed by atoms with Gasteiger partial charge >= 0.3 is 0 Å². The minimum Gasteiger partial charge on any atom is -0.484 e. The molecule has 0 bridgehead atoms. The fraction of sp³-hybridized carbons (Fsp3) is 0.263. The first-order valence-electron chi connectivity index (χ1n) is 8.34. The highest BCUT2D eigenvalue weighted by Gasteiger charge is 2.25. The van der Waals surface area contributed by atoms with Crippen LogP contribution in [0.15, 0.2) is 42.5 Å². The monoisotopic (exact) mass is 426 g/mol. The van der Waals surface area contributed by atoms with Crippen molar-refractivity contribution in [2.45, 2.75) is 0 Å². The van der Waals surface area contributed by atoms with Crippen LogP contribution in [0.3, 0.4) is 0 Å². The maximum absolute atomic E-state index is 12.6. The van der Waals surface area contributed by atoms with Gasteiger partial charge in [-0.25, -0.2) is 0 Å². The summed E-state index contributed by atoms with van der Waals surface area (Å²) in [5, 5.41) is 1.38. The smallest absolute Gasteiger partial charge is 0.260 e. The lowest BCUT2D eigenvalue weighted by atomic mass is 10.2. The molecule has 1 heterocycles. The van der Waals surface area contributed by atoms with Crippen molar-refractivity contribution in [1.82, 2.24) is 9.80 Å². The van der Waals surface area contributed by atoms with Crippen LogP contribution in [-0.4, -0.2) is 54.4 Å². The Morgan fingerprint density at radius 2 is 1.48 bits per heavy atom. The van der Waals surface area contributed by atoms with Gasteiger partial charge in [0.1, 0.15) is 5.75 Å². The standard InChI is InChI=1S/C19H17Cl3N2O3/c20-14-2-1-3-17(11-14)27-12-18(25)23-4-6-24(7-5-23)19(26)13-8-15(21)10-16(22)9-13/h1-3,8-11H,4-7,12H2. The maximum Gasteiger partial charge on any atom is 0.260 e. The SMILES string of the molecule is O=C(COc1cccc(Cl)c1)N1CCN(C(=O)c2cc(Cl)cc(Cl)c2)CC1. The molecule has 2 aromatic carbocycles. The van der Waals surface area contributed by atoms with E-state index in [0.29, 0.717) is 52.6 Å². The summed E-state index contributed by atoms with van der Waals surface area (Å²) in [6.07, 6.45) is 0. The topological polar surface area (TPSA) is 49.9 Å². The average Bonchev–Trinajstić information content (AvgIpc) is 2.65. The van der Waals surface area contributed by atoms with Gasteiger partial charge in [-0.15, -0.1) is 0 Å². The van der Waals surface area contributed by atoms with Crippen molar-refractivity contribution in [1.29, 1.82) is 0 Å². The summed E-state index contributed by atoms with van der Waals surface area (Å²) in [6, 6.07) is 11.6. The van der Waals surface area contributed by atoms with Crippen LogP contribution < -0.4 is 4.74 Å². The number of hydrogen-bond donors (Lipinski definition) is 0. The van der Waals surface area contributed by atoms with Crippen LogP contribution in [0, 0.1) is 0 Å². The molecule has 2 amide bonds. The Morgan fingerprint density at radius 3 is 2.11 bits per heavy atom. The zero-order chi connectivity index (χ0) is 19.4. The summed E-state index contributed by atoms with van der Waals surface area (Å²) in [6.45, 7) is 1.69. The third-order valence-electron chi connectivity index (χ3n) is 4.19. The Kier molecular flexibility index (Phi) is 6.47. The van der Waals surface area contributed by atoms with Crippen LogP contribution in [-0.2, 0) is 4.79 Å². The van der Waals surface area contributed by atoms with Gasteiger partial charge in [-0.2, -0.15) is 0 Å². The summed E-state index contributed by atoms with van der Waals surface area (Å²) in [5.74, 6) is 0.261. The molecule has 1 saturated heterocycles. The second-order valence-electron chi connectivity index (χ2n) is 6.08. The third kappa shape index (κ3) is 5.28. The summed E-state index contributed by atoms with van der Waals surface area (Å²) >= 11 is 17.8. The summed E-state index contributed by atoms with van der Waals surface area (Å²) in [7, 11) is 0. The molecule has 27 heavy (non-hydrogen) atoms. The van der Waals surface area contributed by atoms with E-state index in [1.807, 2.05) is 0 Å². The van der Waals surface area contributed by atoms with E-state index in [1.165, 1.54) is 0 Å². The molecule has 3 rings (SSSR count). The Morgan fingerprint density at radius 1 is 0.852 bits per heavy atom. The van der Waals surface area contributed by atoms with Crippen LogP contribution in [0.4, 0.5) is 0 Å². The van der Waals surface area contributed by atoms with Gasteiger partial charge in [0.2, 0.25) is 0 Å². The molecule has 0 radical (unpaired) electrons. The number of carbonyl (C=O) groups excluding carboxylic acids is 2. The summed E-state index contributed by atoms with van der Waals surface area (Å²) in [4.78, 5) is 28.3. The molecule has 8 heteroatoms. The van der Waals surface area contributed by atoms with Gasteiger partial charge in [-0.1, -0.05) is 40.9 Å². The van der Waals surface area contributed by atoms with Gasteiger partial charge in [0, 0.05) is 46.8 Å². The number of halogens is 3. The van der Waals surface area contributed by atoms with E-state index in [4.69, 9.17) is 39.5 Å². The number of carbonyl (C=O) groups is 2. The molecule has 0 spiro atoms. The van der Waals surface area contributed by atoms with E-state index in [2.05, 4.69) is 0 Å². The van der Waals surface area contributed by atoms with Crippen LogP contribution in [0.1, 0.15) is 10.4 Å². The second kappa shape index (κ2) is 8.83. The number of amides is 2. The van der Waals surface area contributed by atoms with Crippen molar-refractivity contribution in [3.8, 4) is 5.75 Å². The number of benzene rings is 2. The number of piperazine rings is 1. The van der Waals surface area contributed by atoms with E-state index in [9.17, 15) is 9.59 Å². The fourth-order valence-corrected chi connectivity index (χ4v) is 3.52. The lowest BCUT2D eigenvalue weighted by molar-refractivity contribution is -0.134. The van der Waals surface area contributed by atoms with E-state index in [0.717, 1.165) is 0 Å². The molecule has 2 aromatic rings. The first kappa shape index (κ1) is 19.8. The minimum atomic E-state index is -0.151. The zero-order valence-electron chi connectivity index (χ0n) is 14.3. The number of nitrogens with zero attached hydrogens (tertiary/aromatic N) is 2. The quantitative estimate of drug-likeness (QED) is 0.741. The molecule has 0 atom stereocenters. The van der Waals surface area contributed by atoms with Gasteiger partial charge in [0.05, 0.1) is 0 Å².